The highest BCUT2D eigenvalue weighted by Gasteiger charge is 2.34. The summed E-state index contributed by atoms with van der Waals surface area (Å²) in [5.41, 5.74) is 5.45. The van der Waals surface area contributed by atoms with Gasteiger partial charge in [0.15, 0.2) is 0 Å². The number of amidine groups is 1. The van der Waals surface area contributed by atoms with Crippen LogP contribution in [0, 0.1) is 11.3 Å². The van der Waals surface area contributed by atoms with Crippen LogP contribution in [-0.2, 0) is 0 Å². The van der Waals surface area contributed by atoms with Gasteiger partial charge in [0.1, 0.15) is 5.84 Å². The fourth-order valence-corrected chi connectivity index (χ4v) is 2.97. The second kappa shape index (κ2) is 3.66. The third kappa shape index (κ3) is 1.85. The number of nitrogens with one attached hydrogen (secondary N) is 1. The number of rotatable bonds is 2. The molecule has 2 unspecified atom stereocenters. The molecular weight excluding hydrogens is 162 g/mol. The lowest BCUT2D eigenvalue weighted by Gasteiger charge is -2.37. The summed E-state index contributed by atoms with van der Waals surface area (Å²) in [5, 5.41) is 7.32. The Morgan fingerprint density at radius 1 is 1.31 bits per heavy atom. The lowest BCUT2D eigenvalue weighted by molar-refractivity contribution is 0.131. The number of hydrogen-bond donors (Lipinski definition) is 2. The molecule has 0 bridgehead atoms. The van der Waals surface area contributed by atoms with E-state index in [1.807, 2.05) is 0 Å². The maximum absolute atomic E-state index is 7.32. The van der Waals surface area contributed by atoms with Gasteiger partial charge in [0.05, 0.1) is 6.54 Å². The van der Waals surface area contributed by atoms with Crippen molar-refractivity contribution in [3.8, 4) is 0 Å². The number of nitrogens with zero attached hydrogens (tertiary/aromatic N) is 1. The minimum Gasteiger partial charge on any atom is -0.387 e. The van der Waals surface area contributed by atoms with E-state index in [1.54, 1.807) is 0 Å². The largest absolute Gasteiger partial charge is 0.387 e. The van der Waals surface area contributed by atoms with Crippen LogP contribution in [0.15, 0.2) is 0 Å². The molecule has 2 rings (SSSR count). The average Bonchev–Trinajstić information content (AvgIpc) is 2.51. The minimum absolute atomic E-state index is 0.326. The monoisotopic (exact) mass is 181 g/mol. The number of nitrogens with two attached hydrogens (primary N) is 1. The number of fused-ring (bicyclic) bond motifs is 1. The van der Waals surface area contributed by atoms with Gasteiger partial charge < -0.3 is 5.73 Å². The van der Waals surface area contributed by atoms with Gasteiger partial charge in [-0.15, -0.1) is 0 Å². The van der Waals surface area contributed by atoms with Crippen LogP contribution in [0.3, 0.4) is 0 Å². The maximum Gasteiger partial charge on any atom is 0.105 e. The van der Waals surface area contributed by atoms with Gasteiger partial charge in [-0.25, -0.2) is 0 Å². The molecule has 3 nitrogen and oxygen atoms in total. The highest BCUT2D eigenvalue weighted by Crippen LogP contribution is 2.36. The fraction of sp³-hybridized carbons (Fsp3) is 0.900. The molecule has 0 aromatic carbocycles. The summed E-state index contributed by atoms with van der Waals surface area (Å²) in [6.07, 6.45) is 6.81. The summed E-state index contributed by atoms with van der Waals surface area (Å²) < 4.78 is 0. The molecular formula is C10H19N3. The molecule has 1 saturated heterocycles. The van der Waals surface area contributed by atoms with Crippen LogP contribution in [0.25, 0.3) is 0 Å². The molecule has 1 aliphatic carbocycles. The lowest BCUT2D eigenvalue weighted by Crippen LogP contribution is -2.46. The molecule has 3 N–H and O–H groups in total. The molecule has 2 aliphatic rings. The van der Waals surface area contributed by atoms with Crippen molar-refractivity contribution in [1.29, 1.82) is 5.41 Å². The van der Waals surface area contributed by atoms with Gasteiger partial charge in [-0.2, -0.15) is 0 Å². The Labute approximate surface area is 79.8 Å². The van der Waals surface area contributed by atoms with Crippen LogP contribution in [0.2, 0.25) is 0 Å². The Morgan fingerprint density at radius 2 is 2.08 bits per heavy atom. The van der Waals surface area contributed by atoms with Crippen LogP contribution >= 0.6 is 0 Å². The number of piperidine rings is 1. The van der Waals surface area contributed by atoms with Crippen molar-refractivity contribution in [2.24, 2.45) is 11.7 Å². The van der Waals surface area contributed by atoms with Crippen molar-refractivity contribution < 1.29 is 0 Å². The molecule has 0 aromatic heterocycles. The van der Waals surface area contributed by atoms with E-state index in [4.69, 9.17) is 11.1 Å². The Hall–Kier alpha value is -0.570. The summed E-state index contributed by atoms with van der Waals surface area (Å²) in [4.78, 5) is 2.42. The van der Waals surface area contributed by atoms with E-state index in [2.05, 4.69) is 4.90 Å². The normalized spacial score (nSPS) is 34.5. The third-order valence-corrected chi connectivity index (χ3v) is 3.48. The van der Waals surface area contributed by atoms with Crippen molar-refractivity contribution in [2.75, 3.05) is 13.1 Å². The van der Waals surface area contributed by atoms with Gasteiger partial charge in [-0.3, -0.25) is 10.3 Å². The van der Waals surface area contributed by atoms with Gasteiger partial charge >= 0.3 is 0 Å². The smallest absolute Gasteiger partial charge is 0.105 e. The maximum atomic E-state index is 7.32. The van der Waals surface area contributed by atoms with Crippen molar-refractivity contribution in [3.63, 3.8) is 0 Å². The minimum atomic E-state index is 0.326. The van der Waals surface area contributed by atoms with Gasteiger partial charge in [-0.05, 0) is 38.1 Å². The Kier molecular flexibility index (Phi) is 2.54. The van der Waals surface area contributed by atoms with E-state index < -0.39 is 0 Å². The quantitative estimate of drug-likeness (QED) is 0.496. The molecule has 0 radical (unpaired) electrons. The summed E-state index contributed by atoms with van der Waals surface area (Å²) >= 11 is 0. The summed E-state index contributed by atoms with van der Waals surface area (Å²) in [7, 11) is 0. The second-order valence-electron chi connectivity index (χ2n) is 4.40. The van der Waals surface area contributed by atoms with Gasteiger partial charge in [0.2, 0.25) is 0 Å². The molecule has 3 heteroatoms. The molecule has 74 valence electrons. The predicted molar refractivity (Wildman–Crippen MR) is 53.9 cm³/mol. The van der Waals surface area contributed by atoms with E-state index in [0.717, 1.165) is 18.5 Å². The van der Waals surface area contributed by atoms with E-state index >= 15 is 0 Å². The van der Waals surface area contributed by atoms with Crippen LogP contribution in [-0.4, -0.2) is 29.9 Å². The molecule has 2 atom stereocenters. The molecule has 1 saturated carbocycles. The molecule has 1 aliphatic heterocycles. The van der Waals surface area contributed by atoms with Crippen molar-refractivity contribution in [1.82, 2.24) is 4.90 Å². The Morgan fingerprint density at radius 3 is 2.85 bits per heavy atom. The first-order valence-corrected chi connectivity index (χ1v) is 5.34. The van der Waals surface area contributed by atoms with E-state index in [0.29, 0.717) is 12.4 Å². The molecule has 0 spiro atoms. The molecule has 1 heterocycles. The summed E-state index contributed by atoms with van der Waals surface area (Å²) in [5.74, 6) is 1.24. The zero-order chi connectivity index (χ0) is 9.26. The van der Waals surface area contributed by atoms with E-state index in [9.17, 15) is 0 Å². The van der Waals surface area contributed by atoms with Crippen molar-refractivity contribution in [2.45, 2.75) is 38.1 Å². The first kappa shape index (κ1) is 9.00. The first-order chi connectivity index (χ1) is 6.27. The van der Waals surface area contributed by atoms with Crippen LogP contribution in [0.4, 0.5) is 0 Å². The molecule has 0 aromatic rings. The van der Waals surface area contributed by atoms with Crippen LogP contribution in [0.1, 0.15) is 32.1 Å². The number of likely N-dealkylation sites (tertiary alicyclic amines) is 1. The van der Waals surface area contributed by atoms with Gasteiger partial charge in [-0.1, -0.05) is 6.42 Å². The van der Waals surface area contributed by atoms with Crippen molar-refractivity contribution >= 4 is 5.84 Å². The predicted octanol–water partition coefficient (Wildman–Crippen LogP) is 1.19. The lowest BCUT2D eigenvalue weighted by atomic mass is 9.92. The van der Waals surface area contributed by atoms with Gasteiger partial charge in [0, 0.05) is 6.04 Å². The zero-order valence-electron chi connectivity index (χ0n) is 8.13. The van der Waals surface area contributed by atoms with E-state index in [-0.39, 0.29) is 0 Å². The highest BCUT2D eigenvalue weighted by molar-refractivity contribution is 5.79. The van der Waals surface area contributed by atoms with Crippen LogP contribution < -0.4 is 5.73 Å². The fourth-order valence-electron chi connectivity index (χ4n) is 2.97. The second-order valence-corrected chi connectivity index (χ2v) is 4.40. The molecule has 13 heavy (non-hydrogen) atoms. The molecule has 0 amide bonds. The summed E-state index contributed by atoms with van der Waals surface area (Å²) in [6, 6.07) is 0.748. The third-order valence-electron chi connectivity index (χ3n) is 3.48. The standard InChI is InChI=1S/C10H19N3/c11-10(12)7-13-6-2-4-8-3-1-5-9(8)13/h8-9H,1-7H2,(H3,11,12). The zero-order valence-corrected chi connectivity index (χ0v) is 8.13. The van der Waals surface area contributed by atoms with Crippen molar-refractivity contribution in [3.05, 3.63) is 0 Å². The van der Waals surface area contributed by atoms with Gasteiger partial charge in [0.25, 0.3) is 0 Å². The SMILES string of the molecule is N=C(N)CN1CCCC2CCCC21. The Balaban J connectivity index is 1.97. The molecule has 2 fully saturated rings. The summed E-state index contributed by atoms with van der Waals surface area (Å²) in [6.45, 7) is 1.85. The Bertz CT molecular complexity index is 202. The first-order valence-electron chi connectivity index (χ1n) is 5.34. The average molecular weight is 181 g/mol. The number of hydrogen-bond acceptors (Lipinski definition) is 2. The van der Waals surface area contributed by atoms with Crippen LogP contribution in [0.5, 0.6) is 0 Å². The highest BCUT2D eigenvalue weighted by atomic mass is 15.2. The van der Waals surface area contributed by atoms with E-state index in [1.165, 1.54) is 32.1 Å². The topological polar surface area (TPSA) is 53.1 Å².